The normalized spacial score (nSPS) is 10.4. The number of alkyl halides is 2. The molecule has 78 valence electrons. The molecule has 0 radical (unpaired) electrons. The highest BCUT2D eigenvalue weighted by Crippen LogP contribution is 2.32. The van der Waals surface area contributed by atoms with Gasteiger partial charge in [-0.25, -0.2) is 0 Å². The molecule has 0 saturated heterocycles. The molecule has 0 fully saturated rings. The van der Waals surface area contributed by atoms with Gasteiger partial charge in [-0.2, -0.15) is 8.78 Å². The maximum atomic E-state index is 11.8. The number of thiol groups is 1. The molecule has 1 rings (SSSR count). The molecule has 0 atom stereocenters. The fourth-order valence-electron chi connectivity index (χ4n) is 0.863. The third kappa shape index (κ3) is 2.47. The van der Waals surface area contributed by atoms with Crippen LogP contribution in [0, 0.1) is 0 Å². The van der Waals surface area contributed by atoms with Crippen molar-refractivity contribution in [3.05, 3.63) is 18.2 Å². The molecular weight excluding hydrogens is 216 g/mol. The summed E-state index contributed by atoms with van der Waals surface area (Å²) in [6.45, 7) is -2.98. The van der Waals surface area contributed by atoms with E-state index in [4.69, 9.17) is 10.4 Å². The van der Waals surface area contributed by atoms with Gasteiger partial charge in [0.25, 0.3) is 0 Å². The summed E-state index contributed by atoms with van der Waals surface area (Å²) in [4.78, 5) is -0.0854. The summed E-state index contributed by atoms with van der Waals surface area (Å²) in [5.41, 5.74) is -0.147. The van der Waals surface area contributed by atoms with Crippen LogP contribution in [0.5, 0.6) is 5.75 Å². The largest absolute Gasteiger partial charge is 0.434 e. The number of benzene rings is 1. The highest BCUT2D eigenvalue weighted by atomic mass is 32.1. The molecule has 0 aliphatic rings. The van der Waals surface area contributed by atoms with Crippen molar-refractivity contribution in [2.45, 2.75) is 11.5 Å². The minimum atomic E-state index is -2.98. The van der Waals surface area contributed by atoms with E-state index in [2.05, 4.69) is 17.4 Å². The lowest BCUT2D eigenvalue weighted by Gasteiger charge is -2.13. The van der Waals surface area contributed by atoms with E-state index in [0.29, 0.717) is 0 Å². The molecule has 0 aliphatic heterocycles. The molecule has 14 heavy (non-hydrogen) atoms. The van der Waals surface area contributed by atoms with Crippen LogP contribution in [0.1, 0.15) is 0 Å². The molecule has 0 spiro atoms. The van der Waals surface area contributed by atoms with Gasteiger partial charge in [-0.1, -0.05) is 6.07 Å². The van der Waals surface area contributed by atoms with E-state index < -0.39 is 6.61 Å². The van der Waals surface area contributed by atoms with Gasteiger partial charge in [0.2, 0.25) is 0 Å². The Kier molecular flexibility index (Phi) is 3.50. The molecule has 0 aromatic heterocycles. The minimum Gasteiger partial charge on any atom is -0.434 e. The molecular formula is C7H7F2NO3S. The molecule has 2 N–H and O–H groups in total. The monoisotopic (exact) mass is 223 g/mol. The Morgan fingerprint density at radius 2 is 2.00 bits per heavy atom. The number of halogens is 2. The van der Waals surface area contributed by atoms with Gasteiger partial charge in [0.05, 0.1) is 4.90 Å². The van der Waals surface area contributed by atoms with Gasteiger partial charge >= 0.3 is 6.61 Å². The summed E-state index contributed by atoms with van der Waals surface area (Å²) in [5, 5.41) is 17.1. The average molecular weight is 223 g/mol. The summed E-state index contributed by atoms with van der Waals surface area (Å²) in [7, 11) is 0. The van der Waals surface area contributed by atoms with Crippen molar-refractivity contribution >= 4 is 18.3 Å². The summed E-state index contributed by atoms with van der Waals surface area (Å²) < 4.78 is 27.8. The van der Waals surface area contributed by atoms with Gasteiger partial charge in [0.15, 0.2) is 0 Å². The summed E-state index contributed by atoms with van der Waals surface area (Å²) in [6, 6.07) is 3.84. The second-order valence-corrected chi connectivity index (χ2v) is 2.74. The van der Waals surface area contributed by atoms with Crippen LogP contribution in [0.4, 0.5) is 14.5 Å². The molecule has 0 unspecified atom stereocenters. The van der Waals surface area contributed by atoms with Crippen LogP contribution in [0.2, 0.25) is 0 Å². The highest BCUT2D eigenvalue weighted by Gasteiger charge is 2.12. The van der Waals surface area contributed by atoms with Crippen molar-refractivity contribution in [2.75, 3.05) is 5.23 Å². The van der Waals surface area contributed by atoms with Crippen molar-refractivity contribution in [1.82, 2.24) is 0 Å². The fourth-order valence-corrected chi connectivity index (χ4v) is 1.15. The van der Waals surface area contributed by atoms with Gasteiger partial charge < -0.3 is 4.74 Å². The van der Waals surface area contributed by atoms with Crippen molar-refractivity contribution in [3.63, 3.8) is 0 Å². The van der Waals surface area contributed by atoms with Crippen LogP contribution < -0.4 is 9.96 Å². The minimum absolute atomic E-state index is 0.0854. The highest BCUT2D eigenvalue weighted by molar-refractivity contribution is 7.80. The fraction of sp³-hybridized carbons (Fsp3) is 0.143. The quantitative estimate of drug-likeness (QED) is 0.543. The first kappa shape index (κ1) is 11.0. The van der Waals surface area contributed by atoms with Gasteiger partial charge in [0.1, 0.15) is 11.4 Å². The molecule has 1 aromatic rings. The third-order valence-electron chi connectivity index (χ3n) is 1.41. The van der Waals surface area contributed by atoms with Gasteiger partial charge in [0, 0.05) is 0 Å². The first-order valence-corrected chi connectivity index (χ1v) is 3.91. The molecule has 7 heteroatoms. The Bertz CT molecular complexity index is 322. The van der Waals surface area contributed by atoms with Crippen LogP contribution in [-0.4, -0.2) is 17.0 Å². The zero-order valence-corrected chi connectivity index (χ0v) is 7.66. The summed E-state index contributed by atoms with van der Waals surface area (Å²) >= 11 is 3.81. The molecule has 0 aliphatic carbocycles. The molecule has 0 bridgehead atoms. The van der Waals surface area contributed by atoms with Crippen molar-refractivity contribution in [1.29, 1.82) is 0 Å². The predicted octanol–water partition coefficient (Wildman–Crippen LogP) is 2.16. The number of ether oxygens (including phenoxy) is 1. The number of hydrogen-bond acceptors (Lipinski definition) is 5. The lowest BCUT2D eigenvalue weighted by atomic mass is 10.3. The van der Waals surface area contributed by atoms with E-state index in [1.165, 1.54) is 18.2 Å². The summed E-state index contributed by atoms with van der Waals surface area (Å²) in [6.07, 6.45) is 0. The van der Waals surface area contributed by atoms with Crippen molar-refractivity contribution < 1.29 is 23.9 Å². The standard InChI is InChI=1S/C7H7F2NO3S/c8-7(9)13-5-3-1-2-4(6(5)14)10(11)12/h1-3,7,11-12,14H. The summed E-state index contributed by atoms with van der Waals surface area (Å²) in [5.74, 6) is -0.228. The van der Waals surface area contributed by atoms with E-state index >= 15 is 0 Å². The molecule has 1 aromatic carbocycles. The number of hydrogen-bond donors (Lipinski definition) is 3. The van der Waals surface area contributed by atoms with Gasteiger partial charge in [-0.3, -0.25) is 10.4 Å². The first-order valence-electron chi connectivity index (χ1n) is 3.47. The number of rotatable bonds is 3. The van der Waals surface area contributed by atoms with Crippen LogP contribution in [-0.2, 0) is 0 Å². The molecule has 4 nitrogen and oxygen atoms in total. The van der Waals surface area contributed by atoms with Crippen LogP contribution in [0.15, 0.2) is 23.1 Å². The van der Waals surface area contributed by atoms with Gasteiger partial charge in [-0.15, -0.1) is 17.9 Å². The Morgan fingerprint density at radius 1 is 1.36 bits per heavy atom. The van der Waals surface area contributed by atoms with Crippen molar-refractivity contribution in [3.8, 4) is 5.75 Å². The van der Waals surface area contributed by atoms with E-state index in [1.807, 2.05) is 0 Å². The second kappa shape index (κ2) is 4.45. The number of anilines is 1. The second-order valence-electron chi connectivity index (χ2n) is 2.29. The van der Waals surface area contributed by atoms with E-state index in [-0.39, 0.29) is 21.6 Å². The van der Waals surface area contributed by atoms with Crippen LogP contribution in [0.3, 0.4) is 0 Å². The predicted molar refractivity (Wildman–Crippen MR) is 46.4 cm³/mol. The van der Waals surface area contributed by atoms with Crippen molar-refractivity contribution in [2.24, 2.45) is 0 Å². The maximum Gasteiger partial charge on any atom is 0.387 e. The van der Waals surface area contributed by atoms with Gasteiger partial charge in [-0.05, 0) is 12.1 Å². The smallest absolute Gasteiger partial charge is 0.387 e. The van der Waals surface area contributed by atoms with Crippen LogP contribution >= 0.6 is 12.6 Å². The zero-order chi connectivity index (χ0) is 10.7. The Labute approximate surface area is 83.7 Å². The Morgan fingerprint density at radius 3 is 2.50 bits per heavy atom. The zero-order valence-electron chi connectivity index (χ0n) is 6.76. The number of nitrogens with zero attached hydrogens (tertiary/aromatic N) is 1. The SMILES string of the molecule is ON(O)c1cccc(OC(F)F)c1S. The molecule has 0 saturated carbocycles. The first-order chi connectivity index (χ1) is 6.52. The molecule has 0 amide bonds. The molecule has 0 heterocycles. The van der Waals surface area contributed by atoms with E-state index in [9.17, 15) is 8.78 Å². The average Bonchev–Trinajstić information content (AvgIpc) is 2.07. The topological polar surface area (TPSA) is 52.9 Å². The lowest BCUT2D eigenvalue weighted by Crippen LogP contribution is -2.12. The third-order valence-corrected chi connectivity index (χ3v) is 1.86. The Balaban J connectivity index is 3.01. The Hall–Kier alpha value is -1.05. The van der Waals surface area contributed by atoms with Crippen LogP contribution in [0.25, 0.3) is 0 Å². The maximum absolute atomic E-state index is 11.8. The van der Waals surface area contributed by atoms with E-state index in [0.717, 1.165) is 0 Å². The van der Waals surface area contributed by atoms with E-state index in [1.54, 1.807) is 0 Å². The lowest BCUT2D eigenvalue weighted by molar-refractivity contribution is -0.0520.